The van der Waals surface area contributed by atoms with Crippen molar-refractivity contribution in [3.8, 4) is 11.5 Å². The summed E-state index contributed by atoms with van der Waals surface area (Å²) in [6.07, 6.45) is 3.28. The van der Waals surface area contributed by atoms with Crippen LogP contribution in [0.1, 0.15) is 44.3 Å². The fourth-order valence-electron chi connectivity index (χ4n) is 4.12. The molecule has 2 aliphatic rings. The van der Waals surface area contributed by atoms with Crippen molar-refractivity contribution in [2.45, 2.75) is 19.8 Å². The van der Waals surface area contributed by atoms with Crippen molar-refractivity contribution in [2.24, 2.45) is 5.10 Å². The van der Waals surface area contributed by atoms with Crippen LogP contribution in [0.2, 0.25) is 0 Å². The Bertz CT molecular complexity index is 1170. The molecule has 6 heteroatoms. The number of ether oxygens (including phenoxy) is 1. The second-order valence-electron chi connectivity index (χ2n) is 7.12. The Labute approximate surface area is 167 Å². The van der Waals surface area contributed by atoms with Crippen LogP contribution in [0.25, 0.3) is 10.8 Å². The summed E-state index contributed by atoms with van der Waals surface area (Å²) >= 11 is 0. The molecule has 0 saturated carbocycles. The van der Waals surface area contributed by atoms with E-state index in [-0.39, 0.29) is 5.75 Å². The van der Waals surface area contributed by atoms with Gasteiger partial charge in [-0.05, 0) is 72.2 Å². The fourth-order valence-corrected chi connectivity index (χ4v) is 4.12. The first-order chi connectivity index (χ1) is 14.1. The van der Waals surface area contributed by atoms with Gasteiger partial charge in [0.05, 0.1) is 23.9 Å². The third-order valence-corrected chi connectivity index (χ3v) is 5.45. The number of aromatic hydroxyl groups is 1. The number of rotatable bonds is 4. The molecule has 3 aromatic carbocycles. The molecular formula is C23H18N2O4. The van der Waals surface area contributed by atoms with Gasteiger partial charge in [0.1, 0.15) is 0 Å². The number of nitrogens with zero attached hydrogens (tertiary/aromatic N) is 2. The van der Waals surface area contributed by atoms with Crippen molar-refractivity contribution >= 4 is 28.8 Å². The molecule has 0 saturated heterocycles. The summed E-state index contributed by atoms with van der Waals surface area (Å²) in [6.45, 7) is 2.22. The van der Waals surface area contributed by atoms with Gasteiger partial charge in [0.2, 0.25) is 0 Å². The highest BCUT2D eigenvalue weighted by Gasteiger charge is 2.35. The van der Waals surface area contributed by atoms with E-state index >= 15 is 0 Å². The standard InChI is InChI=1S/C23H18N2O4/c1-2-29-19-11-13(3-10-18(19)26)12-24-25-22(27)16-8-6-14-4-5-15-7-9-17(23(25)28)21(16)20(14)15/h3,6-12,26H,2,4-5H2,1H3/b24-12-. The predicted molar refractivity (Wildman–Crippen MR) is 109 cm³/mol. The number of phenols is 1. The molecule has 0 atom stereocenters. The maximum absolute atomic E-state index is 13.0. The van der Waals surface area contributed by atoms with Crippen LogP contribution >= 0.6 is 0 Å². The van der Waals surface area contributed by atoms with E-state index in [0.29, 0.717) is 29.0 Å². The Hall–Kier alpha value is -3.67. The van der Waals surface area contributed by atoms with Gasteiger partial charge in [0.15, 0.2) is 11.5 Å². The maximum Gasteiger partial charge on any atom is 0.282 e. The van der Waals surface area contributed by atoms with Crippen molar-refractivity contribution in [3.05, 3.63) is 70.3 Å². The Balaban J connectivity index is 1.55. The van der Waals surface area contributed by atoms with E-state index in [2.05, 4.69) is 5.10 Å². The van der Waals surface area contributed by atoms with Crippen LogP contribution in [-0.2, 0) is 12.8 Å². The molecule has 0 unspecified atom stereocenters. The molecule has 1 aliphatic carbocycles. The van der Waals surface area contributed by atoms with E-state index in [1.807, 2.05) is 19.1 Å². The lowest BCUT2D eigenvalue weighted by Gasteiger charge is -2.23. The summed E-state index contributed by atoms with van der Waals surface area (Å²) < 4.78 is 5.37. The molecule has 144 valence electrons. The lowest BCUT2D eigenvalue weighted by Crippen LogP contribution is -2.36. The van der Waals surface area contributed by atoms with Crippen molar-refractivity contribution in [1.29, 1.82) is 0 Å². The zero-order chi connectivity index (χ0) is 20.1. The highest BCUT2D eigenvalue weighted by molar-refractivity contribution is 6.26. The van der Waals surface area contributed by atoms with Gasteiger partial charge in [-0.3, -0.25) is 9.59 Å². The summed E-state index contributed by atoms with van der Waals surface area (Å²) in [4.78, 5) is 26.1. The van der Waals surface area contributed by atoms with Crippen LogP contribution in [0.3, 0.4) is 0 Å². The molecule has 29 heavy (non-hydrogen) atoms. The third-order valence-electron chi connectivity index (χ3n) is 5.45. The first-order valence-electron chi connectivity index (χ1n) is 9.54. The van der Waals surface area contributed by atoms with Crippen LogP contribution in [0.5, 0.6) is 11.5 Å². The summed E-state index contributed by atoms with van der Waals surface area (Å²) in [6, 6.07) is 12.3. The van der Waals surface area contributed by atoms with Crippen LogP contribution in [0, 0.1) is 0 Å². The average molecular weight is 386 g/mol. The number of aryl methyl sites for hydroxylation is 2. The van der Waals surface area contributed by atoms with Crippen molar-refractivity contribution in [2.75, 3.05) is 6.61 Å². The molecule has 2 amide bonds. The maximum atomic E-state index is 13.0. The molecule has 1 heterocycles. The van der Waals surface area contributed by atoms with Gasteiger partial charge in [-0.15, -0.1) is 0 Å². The van der Waals surface area contributed by atoms with E-state index in [1.54, 1.807) is 24.3 Å². The number of imide groups is 1. The topological polar surface area (TPSA) is 79.2 Å². The molecule has 5 rings (SSSR count). The Morgan fingerprint density at radius 3 is 2.28 bits per heavy atom. The molecule has 0 bridgehead atoms. The fraction of sp³-hybridized carbons (Fsp3) is 0.174. The first kappa shape index (κ1) is 17.4. The van der Waals surface area contributed by atoms with Gasteiger partial charge >= 0.3 is 0 Å². The van der Waals surface area contributed by atoms with Crippen LogP contribution in [0.15, 0.2) is 47.6 Å². The summed E-state index contributed by atoms with van der Waals surface area (Å²) in [7, 11) is 0. The van der Waals surface area contributed by atoms with Crippen molar-refractivity contribution in [3.63, 3.8) is 0 Å². The largest absolute Gasteiger partial charge is 0.504 e. The molecular weight excluding hydrogens is 368 g/mol. The Morgan fingerprint density at radius 2 is 1.66 bits per heavy atom. The molecule has 0 fully saturated rings. The van der Waals surface area contributed by atoms with E-state index in [1.165, 1.54) is 23.4 Å². The van der Waals surface area contributed by atoms with Crippen molar-refractivity contribution < 1.29 is 19.4 Å². The normalized spacial score (nSPS) is 15.0. The van der Waals surface area contributed by atoms with Crippen molar-refractivity contribution in [1.82, 2.24) is 5.01 Å². The van der Waals surface area contributed by atoms with Crippen LogP contribution in [-0.4, -0.2) is 34.8 Å². The SMILES string of the molecule is CCOc1cc(/C=N\N2C(=O)c3ccc4c5c(ccc(c35)C2=O)CC4)ccc1O. The van der Waals surface area contributed by atoms with Gasteiger partial charge in [-0.25, -0.2) is 0 Å². The number of amides is 2. The number of hydrogen-bond acceptors (Lipinski definition) is 5. The van der Waals surface area contributed by atoms with Gasteiger partial charge < -0.3 is 9.84 Å². The summed E-state index contributed by atoms with van der Waals surface area (Å²) in [5.41, 5.74) is 3.97. The predicted octanol–water partition coefficient (Wildman–Crippen LogP) is 3.67. The lowest BCUT2D eigenvalue weighted by molar-refractivity contribution is 0.0616. The zero-order valence-corrected chi connectivity index (χ0v) is 15.8. The average Bonchev–Trinajstić information content (AvgIpc) is 3.15. The highest BCUT2D eigenvalue weighted by atomic mass is 16.5. The lowest BCUT2D eigenvalue weighted by atomic mass is 9.92. The second-order valence-corrected chi connectivity index (χ2v) is 7.12. The first-order valence-corrected chi connectivity index (χ1v) is 9.54. The molecule has 0 aromatic heterocycles. The van der Waals surface area contributed by atoms with Gasteiger partial charge in [0.25, 0.3) is 11.8 Å². The minimum atomic E-state index is -0.432. The summed E-state index contributed by atoms with van der Waals surface area (Å²) in [5.74, 6) is -0.524. The highest BCUT2D eigenvalue weighted by Crippen LogP contribution is 2.38. The minimum Gasteiger partial charge on any atom is -0.504 e. The number of carbonyl (C=O) groups excluding carboxylic acids is 2. The Kier molecular flexibility index (Phi) is 3.87. The van der Waals surface area contributed by atoms with Gasteiger partial charge in [0, 0.05) is 5.39 Å². The van der Waals surface area contributed by atoms with Gasteiger partial charge in [-0.2, -0.15) is 10.1 Å². The smallest absolute Gasteiger partial charge is 0.282 e. The van der Waals surface area contributed by atoms with E-state index < -0.39 is 11.8 Å². The van der Waals surface area contributed by atoms with Crippen LogP contribution in [0.4, 0.5) is 0 Å². The van der Waals surface area contributed by atoms with E-state index in [4.69, 9.17) is 4.74 Å². The molecule has 3 aromatic rings. The summed E-state index contributed by atoms with van der Waals surface area (Å²) in [5, 5.41) is 16.7. The second kappa shape index (κ2) is 6.44. The van der Waals surface area contributed by atoms with E-state index in [9.17, 15) is 14.7 Å². The quantitative estimate of drug-likeness (QED) is 0.548. The third kappa shape index (κ3) is 2.60. The number of benzene rings is 3. The van der Waals surface area contributed by atoms with E-state index in [0.717, 1.165) is 28.6 Å². The minimum absolute atomic E-state index is 0.0202. The number of hydrogen-bond donors (Lipinski definition) is 1. The molecule has 1 N–H and O–H groups in total. The monoisotopic (exact) mass is 386 g/mol. The number of carbonyl (C=O) groups is 2. The van der Waals surface area contributed by atoms with Gasteiger partial charge in [-0.1, -0.05) is 12.1 Å². The molecule has 1 aliphatic heterocycles. The van der Waals surface area contributed by atoms with Crippen LogP contribution < -0.4 is 4.74 Å². The number of hydrazone groups is 1. The Morgan fingerprint density at radius 1 is 1.00 bits per heavy atom. The number of phenolic OH excluding ortho intramolecular Hbond substituents is 1. The molecule has 0 radical (unpaired) electrons. The zero-order valence-electron chi connectivity index (χ0n) is 15.8. The molecule has 6 nitrogen and oxygen atoms in total. The molecule has 0 spiro atoms.